The highest BCUT2D eigenvalue weighted by Gasteiger charge is 2.20. The summed E-state index contributed by atoms with van der Waals surface area (Å²) in [5.74, 6) is 0. The molecule has 0 saturated carbocycles. The Kier molecular flexibility index (Phi) is 3.62. The number of hydrogen-bond acceptors (Lipinski definition) is 2. The van der Waals surface area contributed by atoms with Crippen LogP contribution in [0.4, 0.5) is 5.69 Å². The van der Waals surface area contributed by atoms with Gasteiger partial charge in [-0.2, -0.15) is 11.3 Å². The van der Waals surface area contributed by atoms with Crippen LogP contribution in [0.2, 0.25) is 0 Å². The molecule has 1 fully saturated rings. The molecule has 0 amide bonds. The first-order valence-electron chi connectivity index (χ1n) is 6.56. The Morgan fingerprint density at radius 2 is 1.83 bits per heavy atom. The molecule has 0 unspecified atom stereocenters. The average molecular weight is 259 g/mol. The van der Waals surface area contributed by atoms with E-state index in [1.54, 1.807) is 16.2 Å². The van der Waals surface area contributed by atoms with Crippen LogP contribution in [0.25, 0.3) is 0 Å². The minimum Gasteiger partial charge on any atom is -0.360 e. The molecule has 0 spiro atoms. The molecular formula is C15H19N2S+. The highest BCUT2D eigenvalue weighted by atomic mass is 32.1. The Morgan fingerprint density at radius 1 is 1.06 bits per heavy atom. The van der Waals surface area contributed by atoms with Gasteiger partial charge in [-0.1, -0.05) is 18.2 Å². The van der Waals surface area contributed by atoms with Crippen molar-refractivity contribution in [3.63, 3.8) is 0 Å². The number of thiophene rings is 1. The van der Waals surface area contributed by atoms with Gasteiger partial charge >= 0.3 is 0 Å². The van der Waals surface area contributed by atoms with Crippen molar-refractivity contribution in [3.8, 4) is 0 Å². The summed E-state index contributed by atoms with van der Waals surface area (Å²) in [6, 6.07) is 13.0. The molecule has 1 N–H and O–H groups in total. The first kappa shape index (κ1) is 11.8. The molecule has 1 aromatic heterocycles. The van der Waals surface area contributed by atoms with E-state index in [-0.39, 0.29) is 0 Å². The van der Waals surface area contributed by atoms with Crippen molar-refractivity contribution in [1.82, 2.24) is 0 Å². The number of para-hydroxylation sites is 1. The molecule has 3 heteroatoms. The SMILES string of the molecule is c1ccc(N2CC[NH+](Cc3ccsc3)CC2)cc1. The van der Waals surface area contributed by atoms with Crippen LogP contribution < -0.4 is 9.80 Å². The number of anilines is 1. The standard InChI is InChI=1S/C15H18N2S/c1-2-4-15(5-3-1)17-9-7-16(8-10-17)12-14-6-11-18-13-14/h1-6,11,13H,7-10,12H2/p+1. The number of hydrogen-bond donors (Lipinski definition) is 1. The fourth-order valence-electron chi connectivity index (χ4n) is 2.58. The molecule has 0 radical (unpaired) electrons. The molecule has 18 heavy (non-hydrogen) atoms. The third-order valence-electron chi connectivity index (χ3n) is 3.63. The molecule has 1 saturated heterocycles. The van der Waals surface area contributed by atoms with E-state index in [1.165, 1.54) is 44.0 Å². The van der Waals surface area contributed by atoms with Crippen LogP contribution >= 0.6 is 11.3 Å². The van der Waals surface area contributed by atoms with Crippen LogP contribution in [-0.2, 0) is 6.54 Å². The maximum Gasteiger partial charge on any atom is 0.104 e. The average Bonchev–Trinajstić information content (AvgIpc) is 2.94. The molecular weight excluding hydrogens is 240 g/mol. The maximum absolute atomic E-state index is 2.50. The molecule has 2 heterocycles. The Hall–Kier alpha value is -1.32. The fourth-order valence-corrected chi connectivity index (χ4v) is 3.25. The lowest BCUT2D eigenvalue weighted by molar-refractivity contribution is -0.914. The summed E-state index contributed by atoms with van der Waals surface area (Å²) < 4.78 is 0. The highest BCUT2D eigenvalue weighted by Crippen LogP contribution is 2.12. The normalized spacial score (nSPS) is 17.0. The van der Waals surface area contributed by atoms with E-state index in [0.717, 1.165) is 0 Å². The zero-order valence-electron chi connectivity index (χ0n) is 10.5. The summed E-state index contributed by atoms with van der Waals surface area (Å²) in [4.78, 5) is 4.21. The van der Waals surface area contributed by atoms with Gasteiger partial charge in [0.2, 0.25) is 0 Å². The van der Waals surface area contributed by atoms with Crippen molar-refractivity contribution in [2.24, 2.45) is 0 Å². The van der Waals surface area contributed by atoms with Crippen LogP contribution in [0.15, 0.2) is 47.2 Å². The van der Waals surface area contributed by atoms with Crippen LogP contribution in [0.5, 0.6) is 0 Å². The Bertz CT molecular complexity index is 459. The van der Waals surface area contributed by atoms with E-state index < -0.39 is 0 Å². The molecule has 1 aromatic carbocycles. The van der Waals surface area contributed by atoms with Crippen molar-refractivity contribution in [2.75, 3.05) is 31.1 Å². The van der Waals surface area contributed by atoms with E-state index in [1.807, 2.05) is 0 Å². The Labute approximate surface area is 112 Å². The summed E-state index contributed by atoms with van der Waals surface area (Å²) >= 11 is 1.80. The fraction of sp³-hybridized carbons (Fsp3) is 0.333. The van der Waals surface area contributed by atoms with Gasteiger partial charge in [0, 0.05) is 11.3 Å². The topological polar surface area (TPSA) is 7.68 Å². The largest absolute Gasteiger partial charge is 0.360 e. The quantitative estimate of drug-likeness (QED) is 0.881. The zero-order chi connectivity index (χ0) is 12.2. The van der Waals surface area contributed by atoms with Gasteiger partial charge in [-0.15, -0.1) is 0 Å². The number of benzene rings is 1. The van der Waals surface area contributed by atoms with Gasteiger partial charge < -0.3 is 9.80 Å². The number of rotatable bonds is 3. The molecule has 94 valence electrons. The molecule has 1 aliphatic heterocycles. The molecule has 2 nitrogen and oxygen atoms in total. The first-order chi connectivity index (χ1) is 8.92. The lowest BCUT2D eigenvalue weighted by Gasteiger charge is -2.33. The van der Waals surface area contributed by atoms with Gasteiger partial charge in [0.1, 0.15) is 6.54 Å². The van der Waals surface area contributed by atoms with E-state index in [0.29, 0.717) is 0 Å². The maximum atomic E-state index is 2.50. The molecule has 0 bridgehead atoms. The van der Waals surface area contributed by atoms with Crippen LogP contribution in [0.3, 0.4) is 0 Å². The van der Waals surface area contributed by atoms with Gasteiger partial charge in [-0.25, -0.2) is 0 Å². The number of nitrogens with one attached hydrogen (secondary N) is 1. The van der Waals surface area contributed by atoms with Crippen LogP contribution in [-0.4, -0.2) is 26.2 Å². The predicted octanol–water partition coefficient (Wildman–Crippen LogP) is 1.65. The molecule has 2 aromatic rings. The summed E-state index contributed by atoms with van der Waals surface area (Å²) in [5, 5.41) is 4.45. The van der Waals surface area contributed by atoms with Gasteiger partial charge in [-0.05, 0) is 29.0 Å². The second-order valence-corrected chi connectivity index (χ2v) is 5.66. The van der Waals surface area contributed by atoms with Gasteiger partial charge in [-0.3, -0.25) is 0 Å². The molecule has 3 rings (SSSR count). The van der Waals surface area contributed by atoms with Crippen LogP contribution in [0, 0.1) is 0 Å². The summed E-state index contributed by atoms with van der Waals surface area (Å²) in [5.41, 5.74) is 2.86. The third kappa shape index (κ3) is 2.74. The highest BCUT2D eigenvalue weighted by molar-refractivity contribution is 7.07. The van der Waals surface area contributed by atoms with Gasteiger partial charge in [0.25, 0.3) is 0 Å². The van der Waals surface area contributed by atoms with Gasteiger partial charge in [0.05, 0.1) is 26.2 Å². The molecule has 0 aliphatic carbocycles. The first-order valence-corrected chi connectivity index (χ1v) is 7.51. The second-order valence-electron chi connectivity index (χ2n) is 4.88. The smallest absolute Gasteiger partial charge is 0.104 e. The minimum absolute atomic E-state index is 1.17. The molecule has 0 atom stereocenters. The van der Waals surface area contributed by atoms with E-state index in [9.17, 15) is 0 Å². The third-order valence-corrected chi connectivity index (χ3v) is 4.36. The van der Waals surface area contributed by atoms with E-state index >= 15 is 0 Å². The Balaban J connectivity index is 1.55. The van der Waals surface area contributed by atoms with Crippen molar-refractivity contribution in [1.29, 1.82) is 0 Å². The van der Waals surface area contributed by atoms with Crippen molar-refractivity contribution in [2.45, 2.75) is 6.54 Å². The lowest BCUT2D eigenvalue weighted by atomic mass is 10.2. The predicted molar refractivity (Wildman–Crippen MR) is 77.4 cm³/mol. The van der Waals surface area contributed by atoms with Crippen molar-refractivity contribution in [3.05, 3.63) is 52.7 Å². The summed E-state index contributed by atoms with van der Waals surface area (Å²) in [6.45, 7) is 6.01. The number of quaternary nitrogens is 1. The second kappa shape index (κ2) is 5.55. The molecule has 1 aliphatic rings. The lowest BCUT2D eigenvalue weighted by Crippen LogP contribution is -3.13. The van der Waals surface area contributed by atoms with Crippen LogP contribution in [0.1, 0.15) is 5.56 Å². The zero-order valence-corrected chi connectivity index (χ0v) is 11.3. The van der Waals surface area contributed by atoms with Crippen molar-refractivity contribution < 1.29 is 4.90 Å². The number of nitrogens with zero attached hydrogens (tertiary/aromatic N) is 1. The number of piperazine rings is 1. The van der Waals surface area contributed by atoms with E-state index in [2.05, 4.69) is 52.1 Å². The van der Waals surface area contributed by atoms with Gasteiger partial charge in [0.15, 0.2) is 0 Å². The minimum atomic E-state index is 1.17. The summed E-state index contributed by atoms with van der Waals surface area (Å²) in [6.07, 6.45) is 0. The Morgan fingerprint density at radius 3 is 2.50 bits per heavy atom. The van der Waals surface area contributed by atoms with Crippen molar-refractivity contribution >= 4 is 17.0 Å². The van der Waals surface area contributed by atoms with E-state index in [4.69, 9.17) is 0 Å². The summed E-state index contributed by atoms with van der Waals surface area (Å²) in [7, 11) is 0. The monoisotopic (exact) mass is 259 g/mol.